The smallest absolute Gasteiger partial charge is 0.0540 e. The normalized spacial score (nSPS) is 30.5. The van der Waals surface area contributed by atoms with Gasteiger partial charge >= 0.3 is 0 Å². The summed E-state index contributed by atoms with van der Waals surface area (Å²) in [6.07, 6.45) is 26.9. The minimum Gasteiger partial charge on any atom is -0.393 e. The van der Waals surface area contributed by atoms with Crippen LogP contribution in [-0.2, 0) is 0 Å². The molecule has 2 fully saturated rings. The summed E-state index contributed by atoms with van der Waals surface area (Å²) in [5.41, 5.74) is 0. The second-order valence-corrected chi connectivity index (χ2v) is 9.56. The lowest BCUT2D eigenvalue weighted by Crippen LogP contribution is -2.17. The molecule has 1 N–H and O–H groups in total. The first-order chi connectivity index (χ1) is 12.2. The Morgan fingerprint density at radius 2 is 0.880 bits per heavy atom. The van der Waals surface area contributed by atoms with Crippen molar-refractivity contribution < 1.29 is 5.11 Å². The number of aliphatic hydroxyl groups excluding tert-OH is 1. The van der Waals surface area contributed by atoms with Crippen molar-refractivity contribution in [1.82, 2.24) is 0 Å². The summed E-state index contributed by atoms with van der Waals surface area (Å²) in [7, 11) is 0. The zero-order valence-corrected chi connectivity index (χ0v) is 17.2. The van der Waals surface area contributed by atoms with Crippen LogP contribution in [0.25, 0.3) is 0 Å². The van der Waals surface area contributed by atoms with Crippen LogP contribution in [0.2, 0.25) is 0 Å². The van der Waals surface area contributed by atoms with Gasteiger partial charge in [-0.3, -0.25) is 0 Å². The van der Waals surface area contributed by atoms with E-state index in [1.165, 1.54) is 109 Å². The van der Waals surface area contributed by atoms with Gasteiger partial charge in [0.2, 0.25) is 0 Å². The molecular formula is C24H46O. The Kier molecular flexibility index (Phi) is 11.2. The number of hydrogen-bond donors (Lipinski definition) is 1. The van der Waals surface area contributed by atoms with Crippen LogP contribution in [-0.4, -0.2) is 11.2 Å². The summed E-state index contributed by atoms with van der Waals surface area (Å²) in [4.78, 5) is 0. The van der Waals surface area contributed by atoms with Crippen molar-refractivity contribution in [2.75, 3.05) is 0 Å². The molecule has 1 heteroatoms. The molecule has 0 spiro atoms. The summed E-state index contributed by atoms with van der Waals surface area (Å²) >= 11 is 0. The standard InChI is InChI=1S/C24H46O/c1-21-13-15-22(16-14-21)11-9-7-5-3-2-4-6-8-10-12-23-17-19-24(25)20-18-23/h21-25H,2-20H2,1H3. The van der Waals surface area contributed by atoms with Gasteiger partial charge in [0.15, 0.2) is 0 Å². The quantitative estimate of drug-likeness (QED) is 0.358. The highest BCUT2D eigenvalue weighted by molar-refractivity contribution is 4.71. The summed E-state index contributed by atoms with van der Waals surface area (Å²) in [5.74, 6) is 3.01. The van der Waals surface area contributed by atoms with Gasteiger partial charge in [-0.05, 0) is 43.4 Å². The Balaban J connectivity index is 1.28. The van der Waals surface area contributed by atoms with Gasteiger partial charge in [-0.2, -0.15) is 0 Å². The molecule has 0 aliphatic heterocycles. The summed E-state index contributed by atoms with van der Waals surface area (Å²) in [5, 5.41) is 9.55. The molecule has 148 valence electrons. The fraction of sp³-hybridized carbons (Fsp3) is 1.00. The van der Waals surface area contributed by atoms with Crippen molar-refractivity contribution in [2.24, 2.45) is 17.8 Å². The molecule has 2 aliphatic rings. The van der Waals surface area contributed by atoms with Crippen LogP contribution in [0.1, 0.15) is 129 Å². The van der Waals surface area contributed by atoms with Crippen molar-refractivity contribution in [3.63, 3.8) is 0 Å². The third-order valence-electron chi connectivity index (χ3n) is 7.18. The number of aliphatic hydroxyl groups is 1. The first-order valence-corrected chi connectivity index (χ1v) is 11.9. The molecule has 0 aromatic carbocycles. The van der Waals surface area contributed by atoms with E-state index < -0.39 is 0 Å². The SMILES string of the molecule is CC1CCC(CCCCCCCCCCCC2CCC(O)CC2)CC1. The molecule has 0 bridgehead atoms. The second kappa shape index (κ2) is 13.2. The van der Waals surface area contributed by atoms with Crippen LogP contribution in [0.4, 0.5) is 0 Å². The van der Waals surface area contributed by atoms with Crippen molar-refractivity contribution in [3.8, 4) is 0 Å². The first-order valence-electron chi connectivity index (χ1n) is 11.9. The van der Waals surface area contributed by atoms with Gasteiger partial charge < -0.3 is 5.11 Å². The Hall–Kier alpha value is -0.0400. The molecule has 0 aromatic rings. The fourth-order valence-corrected chi connectivity index (χ4v) is 5.15. The minimum atomic E-state index is 0.0163. The monoisotopic (exact) mass is 350 g/mol. The molecule has 0 unspecified atom stereocenters. The molecule has 1 nitrogen and oxygen atoms in total. The molecule has 0 heterocycles. The van der Waals surface area contributed by atoms with Crippen LogP contribution in [0.5, 0.6) is 0 Å². The highest BCUT2D eigenvalue weighted by Crippen LogP contribution is 2.31. The molecule has 0 atom stereocenters. The first kappa shape index (κ1) is 21.3. The topological polar surface area (TPSA) is 20.2 Å². The van der Waals surface area contributed by atoms with Crippen LogP contribution in [0.15, 0.2) is 0 Å². The third-order valence-corrected chi connectivity index (χ3v) is 7.18. The lowest BCUT2D eigenvalue weighted by Gasteiger charge is -2.26. The summed E-state index contributed by atoms with van der Waals surface area (Å²) in [6.45, 7) is 2.43. The number of unbranched alkanes of at least 4 members (excludes halogenated alkanes) is 8. The van der Waals surface area contributed by atoms with E-state index in [-0.39, 0.29) is 6.10 Å². The Morgan fingerprint density at radius 1 is 0.520 bits per heavy atom. The second-order valence-electron chi connectivity index (χ2n) is 9.56. The molecule has 25 heavy (non-hydrogen) atoms. The number of hydrogen-bond acceptors (Lipinski definition) is 1. The Labute approximate surface area is 158 Å². The third kappa shape index (κ3) is 10.0. The maximum absolute atomic E-state index is 9.55. The lowest BCUT2D eigenvalue weighted by molar-refractivity contribution is 0.106. The van der Waals surface area contributed by atoms with Crippen LogP contribution in [0.3, 0.4) is 0 Å². The van der Waals surface area contributed by atoms with Gasteiger partial charge in [-0.1, -0.05) is 103 Å². The molecule has 0 radical (unpaired) electrons. The van der Waals surface area contributed by atoms with E-state index in [0.29, 0.717) is 0 Å². The van der Waals surface area contributed by atoms with Crippen molar-refractivity contribution in [1.29, 1.82) is 0 Å². The Bertz CT molecular complexity index is 267. The Morgan fingerprint density at radius 3 is 1.32 bits per heavy atom. The largest absolute Gasteiger partial charge is 0.393 e. The summed E-state index contributed by atoms with van der Waals surface area (Å²) in [6, 6.07) is 0. The highest BCUT2D eigenvalue weighted by Gasteiger charge is 2.19. The van der Waals surface area contributed by atoms with E-state index in [1.807, 2.05) is 0 Å². The molecule has 2 saturated carbocycles. The van der Waals surface area contributed by atoms with Crippen LogP contribution >= 0.6 is 0 Å². The predicted molar refractivity (Wildman–Crippen MR) is 110 cm³/mol. The van der Waals surface area contributed by atoms with Gasteiger partial charge in [0.1, 0.15) is 0 Å². The molecule has 0 aromatic heterocycles. The van der Waals surface area contributed by atoms with E-state index in [0.717, 1.165) is 30.6 Å². The van der Waals surface area contributed by atoms with E-state index >= 15 is 0 Å². The number of rotatable bonds is 12. The summed E-state index contributed by atoms with van der Waals surface area (Å²) < 4.78 is 0. The lowest BCUT2D eigenvalue weighted by atomic mass is 9.80. The van der Waals surface area contributed by atoms with Crippen molar-refractivity contribution in [2.45, 2.75) is 135 Å². The zero-order valence-electron chi connectivity index (χ0n) is 17.2. The van der Waals surface area contributed by atoms with Crippen molar-refractivity contribution in [3.05, 3.63) is 0 Å². The molecule has 0 amide bonds. The van der Waals surface area contributed by atoms with Crippen LogP contribution in [0, 0.1) is 17.8 Å². The molecule has 2 rings (SSSR count). The zero-order chi connectivity index (χ0) is 17.7. The molecule has 2 aliphatic carbocycles. The fourth-order valence-electron chi connectivity index (χ4n) is 5.15. The van der Waals surface area contributed by atoms with E-state index in [9.17, 15) is 5.11 Å². The maximum Gasteiger partial charge on any atom is 0.0540 e. The average Bonchev–Trinajstić information content (AvgIpc) is 2.63. The van der Waals surface area contributed by atoms with Gasteiger partial charge in [-0.25, -0.2) is 0 Å². The van der Waals surface area contributed by atoms with Gasteiger partial charge in [0.25, 0.3) is 0 Å². The highest BCUT2D eigenvalue weighted by atomic mass is 16.3. The van der Waals surface area contributed by atoms with Gasteiger partial charge in [0.05, 0.1) is 6.10 Å². The molecule has 0 saturated heterocycles. The van der Waals surface area contributed by atoms with Crippen molar-refractivity contribution >= 4 is 0 Å². The minimum absolute atomic E-state index is 0.0163. The average molecular weight is 351 g/mol. The van der Waals surface area contributed by atoms with Gasteiger partial charge in [-0.15, -0.1) is 0 Å². The maximum atomic E-state index is 9.55. The van der Waals surface area contributed by atoms with E-state index in [2.05, 4.69) is 6.92 Å². The van der Waals surface area contributed by atoms with Crippen LogP contribution < -0.4 is 0 Å². The predicted octanol–water partition coefficient (Wildman–Crippen LogP) is 7.65. The van der Waals surface area contributed by atoms with E-state index in [4.69, 9.17) is 0 Å². The molecular weight excluding hydrogens is 304 g/mol. The van der Waals surface area contributed by atoms with Gasteiger partial charge in [0, 0.05) is 0 Å². The van der Waals surface area contributed by atoms with E-state index in [1.54, 1.807) is 0 Å².